The van der Waals surface area contributed by atoms with Gasteiger partial charge in [-0.25, -0.2) is 4.68 Å². The summed E-state index contributed by atoms with van der Waals surface area (Å²) < 4.78 is 3.09. The number of carbonyl (C=O) groups excluding carboxylic acids is 1. The van der Waals surface area contributed by atoms with Gasteiger partial charge in [-0.05, 0) is 47.9 Å². The fourth-order valence-corrected chi connectivity index (χ4v) is 3.13. The van der Waals surface area contributed by atoms with Gasteiger partial charge in [-0.3, -0.25) is 10.2 Å². The molecular formula is C14H11Cl2N5OS2. The summed E-state index contributed by atoms with van der Waals surface area (Å²) in [7, 11) is 0. The van der Waals surface area contributed by atoms with Crippen LogP contribution < -0.4 is 11.2 Å². The lowest BCUT2D eigenvalue weighted by atomic mass is 10.1. The lowest BCUT2D eigenvalue weighted by molar-refractivity contribution is 0.0967. The number of nitrogens with one attached hydrogen (secondary N) is 1. The van der Waals surface area contributed by atoms with Gasteiger partial charge < -0.3 is 5.73 Å². The van der Waals surface area contributed by atoms with Crippen LogP contribution >= 0.6 is 46.8 Å². The normalized spacial score (nSPS) is 10.8. The molecule has 0 unspecified atom stereocenters. The van der Waals surface area contributed by atoms with E-state index >= 15 is 0 Å². The molecule has 0 aliphatic rings. The molecule has 3 aromatic rings. The highest BCUT2D eigenvalue weighted by Gasteiger charge is 2.14. The summed E-state index contributed by atoms with van der Waals surface area (Å²) in [6.45, 7) is -0.0554. The van der Waals surface area contributed by atoms with Crippen molar-refractivity contribution < 1.29 is 4.79 Å². The Hall–Kier alpha value is -1.87. The summed E-state index contributed by atoms with van der Waals surface area (Å²) in [5.41, 5.74) is 9.34. The van der Waals surface area contributed by atoms with Crippen LogP contribution in [0.5, 0.6) is 0 Å². The minimum atomic E-state index is -0.203. The lowest BCUT2D eigenvalue weighted by Crippen LogP contribution is -2.14. The van der Waals surface area contributed by atoms with Crippen LogP contribution in [-0.4, -0.2) is 20.2 Å². The van der Waals surface area contributed by atoms with Gasteiger partial charge in [0.05, 0.1) is 10.0 Å². The zero-order valence-electron chi connectivity index (χ0n) is 12.1. The van der Waals surface area contributed by atoms with Gasteiger partial charge >= 0.3 is 0 Å². The predicted octanol–water partition coefficient (Wildman–Crippen LogP) is 4.12. The molecule has 124 valence electrons. The van der Waals surface area contributed by atoms with Crippen molar-refractivity contribution in [2.45, 2.75) is 6.54 Å². The smallest absolute Gasteiger partial charge is 0.240 e. The summed E-state index contributed by atoms with van der Waals surface area (Å²) in [5.74, 6) is -0.0409. The number of thiophene rings is 1. The van der Waals surface area contributed by atoms with Crippen molar-refractivity contribution in [3.63, 3.8) is 0 Å². The Bertz CT molecular complexity index is 949. The van der Waals surface area contributed by atoms with Crippen molar-refractivity contribution >= 4 is 63.5 Å². The number of hydrogen-bond acceptors (Lipinski definition) is 6. The largest absolute Gasteiger partial charge is 0.366 e. The highest BCUT2D eigenvalue weighted by molar-refractivity contribution is 7.71. The first-order valence-electron chi connectivity index (χ1n) is 6.70. The number of aromatic nitrogens is 3. The van der Waals surface area contributed by atoms with Crippen LogP contribution in [0.3, 0.4) is 0 Å². The van der Waals surface area contributed by atoms with Gasteiger partial charge in [0, 0.05) is 5.56 Å². The Kier molecular flexibility index (Phi) is 4.91. The fourth-order valence-electron chi connectivity index (χ4n) is 1.98. The third kappa shape index (κ3) is 3.46. The average Bonchev–Trinajstić information content (AvgIpc) is 3.14. The van der Waals surface area contributed by atoms with Gasteiger partial charge in [0.2, 0.25) is 10.7 Å². The second-order valence-corrected chi connectivity index (χ2v) is 6.90. The number of benzene rings is 1. The molecule has 0 radical (unpaired) electrons. The Morgan fingerprint density at radius 3 is 2.79 bits per heavy atom. The maximum absolute atomic E-state index is 12.4. The van der Waals surface area contributed by atoms with Crippen molar-refractivity contribution in [1.29, 1.82) is 0 Å². The minimum Gasteiger partial charge on any atom is -0.366 e. The number of Topliss-reactive ketones (excluding diaryl/α,β-unsaturated/α-hetero) is 1. The van der Waals surface area contributed by atoms with E-state index in [2.05, 4.69) is 10.5 Å². The van der Waals surface area contributed by atoms with Crippen LogP contribution in [-0.2, 0) is 6.54 Å². The Labute approximate surface area is 156 Å². The van der Waals surface area contributed by atoms with Crippen LogP contribution in [0.4, 0.5) is 10.9 Å². The molecule has 0 bridgehead atoms. The summed E-state index contributed by atoms with van der Waals surface area (Å²) in [4.78, 5) is 12.4. The highest BCUT2D eigenvalue weighted by Crippen LogP contribution is 2.23. The van der Waals surface area contributed by atoms with Crippen molar-refractivity contribution in [3.05, 3.63) is 56.1 Å². The SMILES string of the molecule is Nc1nn(CC(=O)c2ccc(Cl)c(Cl)c2)c(=S)n1Nc1cccs1. The van der Waals surface area contributed by atoms with Crippen LogP contribution in [0.15, 0.2) is 35.7 Å². The molecule has 1 aromatic carbocycles. The van der Waals surface area contributed by atoms with E-state index in [1.807, 2.05) is 17.5 Å². The third-order valence-electron chi connectivity index (χ3n) is 3.14. The quantitative estimate of drug-likeness (QED) is 0.498. The van der Waals surface area contributed by atoms with E-state index in [0.717, 1.165) is 5.00 Å². The second kappa shape index (κ2) is 6.94. The fraction of sp³-hybridized carbons (Fsp3) is 0.0714. The molecule has 0 amide bonds. The molecule has 6 nitrogen and oxygen atoms in total. The average molecular weight is 400 g/mol. The van der Waals surface area contributed by atoms with E-state index in [9.17, 15) is 4.79 Å². The second-order valence-electron chi connectivity index (χ2n) is 4.78. The molecule has 3 N–H and O–H groups in total. The van der Waals surface area contributed by atoms with Crippen molar-refractivity contribution in [2.75, 3.05) is 11.2 Å². The van der Waals surface area contributed by atoms with E-state index in [0.29, 0.717) is 15.6 Å². The molecule has 0 fully saturated rings. The summed E-state index contributed by atoms with van der Waals surface area (Å²) in [6, 6.07) is 8.46. The van der Waals surface area contributed by atoms with Crippen LogP contribution in [0.2, 0.25) is 10.0 Å². The number of nitrogens with two attached hydrogens (primary N) is 1. The van der Waals surface area contributed by atoms with Crippen LogP contribution in [0.1, 0.15) is 10.4 Å². The number of anilines is 2. The minimum absolute atomic E-state index is 0.0554. The molecule has 10 heteroatoms. The molecule has 0 saturated heterocycles. The van der Waals surface area contributed by atoms with Gasteiger partial charge in [-0.2, -0.15) is 4.68 Å². The molecule has 0 spiro atoms. The number of nitrogens with zero attached hydrogens (tertiary/aromatic N) is 3. The number of rotatable bonds is 5. The van der Waals surface area contributed by atoms with Gasteiger partial charge in [0.25, 0.3) is 0 Å². The molecule has 2 heterocycles. The molecular weight excluding hydrogens is 389 g/mol. The summed E-state index contributed by atoms with van der Waals surface area (Å²) in [6.07, 6.45) is 0. The molecule has 0 atom stereocenters. The van der Waals surface area contributed by atoms with Gasteiger partial charge in [-0.15, -0.1) is 16.4 Å². The first-order valence-corrected chi connectivity index (χ1v) is 8.74. The van der Waals surface area contributed by atoms with E-state index in [4.69, 9.17) is 41.2 Å². The van der Waals surface area contributed by atoms with Crippen molar-refractivity contribution in [2.24, 2.45) is 0 Å². The Morgan fingerprint density at radius 2 is 2.12 bits per heavy atom. The predicted molar refractivity (Wildman–Crippen MR) is 99.6 cm³/mol. The van der Waals surface area contributed by atoms with Crippen LogP contribution in [0, 0.1) is 4.77 Å². The molecule has 3 rings (SSSR count). The standard InChI is InChI=1S/C14H11Cl2N5OS2/c15-9-4-3-8(6-10(9)16)11(22)7-20-14(23)21(13(17)19-20)18-12-2-1-5-24-12/h1-6,18H,7H2,(H2,17,19). The van der Waals surface area contributed by atoms with Crippen molar-refractivity contribution in [3.8, 4) is 0 Å². The summed E-state index contributed by atoms with van der Waals surface area (Å²) >= 11 is 18.6. The van der Waals surface area contributed by atoms with Crippen LogP contribution in [0.25, 0.3) is 0 Å². The number of nitrogen functional groups attached to an aromatic ring is 1. The monoisotopic (exact) mass is 399 g/mol. The van der Waals surface area contributed by atoms with E-state index in [1.165, 1.54) is 26.8 Å². The first kappa shape index (κ1) is 17.0. The third-order valence-corrected chi connectivity index (χ3v) is 5.05. The van der Waals surface area contributed by atoms with Gasteiger partial charge in [0.15, 0.2) is 5.78 Å². The Morgan fingerprint density at radius 1 is 1.33 bits per heavy atom. The number of hydrogen-bond donors (Lipinski definition) is 2. The molecule has 2 aromatic heterocycles. The number of carbonyl (C=O) groups is 1. The first-order chi connectivity index (χ1) is 11.5. The molecule has 0 aliphatic heterocycles. The van der Waals surface area contributed by atoms with E-state index < -0.39 is 0 Å². The van der Waals surface area contributed by atoms with E-state index in [-0.39, 0.29) is 23.0 Å². The van der Waals surface area contributed by atoms with E-state index in [1.54, 1.807) is 12.1 Å². The maximum atomic E-state index is 12.4. The number of ketones is 1. The zero-order valence-corrected chi connectivity index (χ0v) is 15.2. The highest BCUT2D eigenvalue weighted by atomic mass is 35.5. The van der Waals surface area contributed by atoms with Crippen molar-refractivity contribution in [1.82, 2.24) is 14.5 Å². The Balaban J connectivity index is 1.84. The maximum Gasteiger partial charge on any atom is 0.240 e. The topological polar surface area (TPSA) is 77.9 Å². The zero-order chi connectivity index (χ0) is 17.3. The van der Waals surface area contributed by atoms with Gasteiger partial charge in [-0.1, -0.05) is 23.2 Å². The molecule has 0 aliphatic carbocycles. The number of halogens is 2. The molecule has 24 heavy (non-hydrogen) atoms. The van der Waals surface area contributed by atoms with Gasteiger partial charge in [0.1, 0.15) is 11.5 Å². The lowest BCUT2D eigenvalue weighted by Gasteiger charge is -2.05. The summed E-state index contributed by atoms with van der Waals surface area (Å²) in [5, 5.41) is 7.59. The molecule has 0 saturated carbocycles.